The van der Waals surface area contributed by atoms with Crippen LogP contribution in [0.4, 0.5) is 18.9 Å². The molecule has 3 rings (SSSR count). The summed E-state index contributed by atoms with van der Waals surface area (Å²) in [7, 11) is 0. The molecule has 0 unspecified atom stereocenters. The molecule has 170 valence electrons. The zero-order valence-corrected chi connectivity index (χ0v) is 19.2. The van der Waals surface area contributed by atoms with Crippen molar-refractivity contribution in [3.8, 4) is 0 Å². The van der Waals surface area contributed by atoms with Gasteiger partial charge in [0.2, 0.25) is 5.91 Å². The van der Waals surface area contributed by atoms with E-state index in [0.717, 1.165) is 29.2 Å². The molecule has 0 spiro atoms. The largest absolute Gasteiger partial charge is 0.418 e. The van der Waals surface area contributed by atoms with E-state index in [4.69, 9.17) is 0 Å². The monoisotopic (exact) mass is 482 g/mol. The predicted molar refractivity (Wildman–Crippen MR) is 118 cm³/mol. The van der Waals surface area contributed by atoms with Gasteiger partial charge in [0.1, 0.15) is 5.82 Å². The lowest BCUT2D eigenvalue weighted by molar-refractivity contribution is -0.137. The Kier molecular flexibility index (Phi) is 7.77. The predicted octanol–water partition coefficient (Wildman–Crippen LogP) is 4.75. The third-order valence-electron chi connectivity index (χ3n) is 4.24. The molecule has 1 aromatic carbocycles. The second-order valence-corrected chi connectivity index (χ2v) is 8.63. The van der Waals surface area contributed by atoms with Gasteiger partial charge in [-0.25, -0.2) is 9.97 Å². The fourth-order valence-electron chi connectivity index (χ4n) is 2.89. The molecule has 3 aromatic rings. The highest BCUT2D eigenvalue weighted by Crippen LogP contribution is 2.34. The minimum absolute atomic E-state index is 0.0996. The summed E-state index contributed by atoms with van der Waals surface area (Å²) in [6.07, 6.45) is -4.55. The molecule has 0 saturated carbocycles. The number of carbonyl (C=O) groups is 1. The number of nitrogens with one attached hydrogen (secondary N) is 1. The van der Waals surface area contributed by atoms with Gasteiger partial charge in [0.15, 0.2) is 10.3 Å². The third kappa shape index (κ3) is 6.22. The standard InChI is InChI=1S/C20H21F3N6OS2/c1-4-29-16(10-31-18-24-12(2)9-13(3)25-18)27-28-19(29)32-11-17(30)26-15-8-6-5-7-14(15)20(21,22)23/h5-9H,4,10-11H2,1-3H3,(H,26,30). The maximum Gasteiger partial charge on any atom is 0.418 e. The molecule has 0 bridgehead atoms. The minimum atomic E-state index is -4.55. The molecule has 12 heteroatoms. The van der Waals surface area contributed by atoms with Crippen LogP contribution in [0.15, 0.2) is 40.6 Å². The number of alkyl halides is 3. The van der Waals surface area contributed by atoms with E-state index in [1.165, 1.54) is 30.0 Å². The second kappa shape index (κ2) is 10.3. The van der Waals surface area contributed by atoms with Gasteiger partial charge in [0.25, 0.3) is 0 Å². The fraction of sp³-hybridized carbons (Fsp3) is 0.350. The van der Waals surface area contributed by atoms with Crippen LogP contribution in [-0.4, -0.2) is 36.4 Å². The van der Waals surface area contributed by atoms with Gasteiger partial charge < -0.3 is 9.88 Å². The van der Waals surface area contributed by atoms with Crippen LogP contribution in [0.3, 0.4) is 0 Å². The van der Waals surface area contributed by atoms with Crippen molar-refractivity contribution in [1.82, 2.24) is 24.7 Å². The fourth-order valence-corrected chi connectivity index (χ4v) is 4.60. The molecule has 0 aliphatic carbocycles. The SMILES string of the molecule is CCn1c(CSc2nc(C)cc(C)n2)nnc1SCC(=O)Nc1ccccc1C(F)(F)F. The highest BCUT2D eigenvalue weighted by molar-refractivity contribution is 7.99. The molecule has 1 N–H and O–H groups in total. The zero-order chi connectivity index (χ0) is 23.3. The number of para-hydroxylation sites is 1. The molecule has 1 amide bonds. The number of aryl methyl sites for hydroxylation is 2. The van der Waals surface area contributed by atoms with Crippen LogP contribution in [-0.2, 0) is 23.3 Å². The summed E-state index contributed by atoms with van der Waals surface area (Å²) in [5.41, 5.74) is 0.605. The molecule has 0 aliphatic rings. The first kappa shape index (κ1) is 24.1. The van der Waals surface area contributed by atoms with Crippen molar-refractivity contribution in [3.05, 3.63) is 53.1 Å². The number of aromatic nitrogens is 5. The van der Waals surface area contributed by atoms with Crippen molar-refractivity contribution in [2.45, 2.75) is 49.6 Å². The van der Waals surface area contributed by atoms with Gasteiger partial charge in [-0.05, 0) is 39.0 Å². The smallest absolute Gasteiger partial charge is 0.325 e. The first-order valence-electron chi connectivity index (χ1n) is 9.63. The Bertz CT molecular complexity index is 1080. The maximum atomic E-state index is 13.1. The summed E-state index contributed by atoms with van der Waals surface area (Å²) in [6.45, 7) is 6.31. The summed E-state index contributed by atoms with van der Waals surface area (Å²) in [6, 6.07) is 6.77. The molecule has 0 atom stereocenters. The zero-order valence-electron chi connectivity index (χ0n) is 17.6. The van der Waals surface area contributed by atoms with E-state index in [2.05, 4.69) is 25.5 Å². The second-order valence-electron chi connectivity index (χ2n) is 6.75. The lowest BCUT2D eigenvalue weighted by Gasteiger charge is -2.13. The molecule has 0 aliphatic heterocycles. The number of carbonyl (C=O) groups excluding carboxylic acids is 1. The van der Waals surface area contributed by atoms with Crippen LogP contribution in [0.2, 0.25) is 0 Å². The van der Waals surface area contributed by atoms with E-state index in [1.807, 2.05) is 31.4 Å². The Morgan fingerprint density at radius 1 is 1.09 bits per heavy atom. The number of thioether (sulfide) groups is 2. The number of benzene rings is 1. The number of rotatable bonds is 8. The van der Waals surface area contributed by atoms with E-state index >= 15 is 0 Å². The highest BCUT2D eigenvalue weighted by atomic mass is 32.2. The molecule has 32 heavy (non-hydrogen) atoms. The highest BCUT2D eigenvalue weighted by Gasteiger charge is 2.33. The van der Waals surface area contributed by atoms with Crippen molar-refractivity contribution in [2.24, 2.45) is 0 Å². The van der Waals surface area contributed by atoms with Gasteiger partial charge in [0.05, 0.1) is 22.8 Å². The molecule has 2 aromatic heterocycles. The number of halogens is 3. The molecular weight excluding hydrogens is 461 g/mol. The van der Waals surface area contributed by atoms with Crippen LogP contribution in [0.1, 0.15) is 29.7 Å². The molecule has 7 nitrogen and oxygen atoms in total. The van der Waals surface area contributed by atoms with Gasteiger partial charge in [-0.15, -0.1) is 10.2 Å². The number of amides is 1. The van der Waals surface area contributed by atoms with E-state index in [9.17, 15) is 18.0 Å². The third-order valence-corrected chi connectivity index (χ3v) is 6.05. The summed E-state index contributed by atoms with van der Waals surface area (Å²) >= 11 is 2.55. The van der Waals surface area contributed by atoms with Gasteiger partial charge in [0, 0.05) is 17.9 Å². The van der Waals surface area contributed by atoms with Gasteiger partial charge >= 0.3 is 6.18 Å². The first-order valence-corrected chi connectivity index (χ1v) is 11.6. The van der Waals surface area contributed by atoms with Crippen LogP contribution >= 0.6 is 23.5 Å². The Morgan fingerprint density at radius 3 is 2.44 bits per heavy atom. The van der Waals surface area contributed by atoms with Crippen molar-refractivity contribution >= 4 is 35.1 Å². The first-order chi connectivity index (χ1) is 15.2. The lowest BCUT2D eigenvalue weighted by atomic mass is 10.1. The average Bonchev–Trinajstić information content (AvgIpc) is 3.11. The lowest BCUT2D eigenvalue weighted by Crippen LogP contribution is -2.18. The Morgan fingerprint density at radius 2 is 1.78 bits per heavy atom. The topological polar surface area (TPSA) is 85.6 Å². The number of anilines is 1. The van der Waals surface area contributed by atoms with E-state index in [-0.39, 0.29) is 11.4 Å². The van der Waals surface area contributed by atoms with E-state index < -0.39 is 17.6 Å². The summed E-state index contributed by atoms with van der Waals surface area (Å²) < 4.78 is 41.2. The molecular formula is C20H21F3N6OS2. The number of hydrogen-bond donors (Lipinski definition) is 1. The normalized spacial score (nSPS) is 11.6. The molecule has 0 fully saturated rings. The van der Waals surface area contributed by atoms with Crippen LogP contribution < -0.4 is 5.32 Å². The summed E-state index contributed by atoms with van der Waals surface area (Å²) in [5.74, 6) is 0.537. The van der Waals surface area contributed by atoms with Gasteiger partial charge in [-0.3, -0.25) is 4.79 Å². The van der Waals surface area contributed by atoms with Crippen LogP contribution in [0.5, 0.6) is 0 Å². The van der Waals surface area contributed by atoms with Gasteiger partial charge in [-0.2, -0.15) is 13.2 Å². The van der Waals surface area contributed by atoms with E-state index in [1.54, 1.807) is 0 Å². The average molecular weight is 483 g/mol. The Labute approximate surface area is 191 Å². The summed E-state index contributed by atoms with van der Waals surface area (Å²) in [4.78, 5) is 21.1. The molecule has 0 saturated heterocycles. The Balaban J connectivity index is 1.62. The molecule has 2 heterocycles. The van der Waals surface area contributed by atoms with Crippen LogP contribution in [0, 0.1) is 13.8 Å². The van der Waals surface area contributed by atoms with Crippen LogP contribution in [0.25, 0.3) is 0 Å². The van der Waals surface area contributed by atoms with Crippen molar-refractivity contribution in [2.75, 3.05) is 11.1 Å². The van der Waals surface area contributed by atoms with Crippen molar-refractivity contribution in [3.63, 3.8) is 0 Å². The quantitative estimate of drug-likeness (QED) is 0.366. The Hall–Kier alpha value is -2.60. The number of hydrogen-bond acceptors (Lipinski definition) is 7. The summed E-state index contributed by atoms with van der Waals surface area (Å²) in [5, 5.41) is 11.8. The van der Waals surface area contributed by atoms with Crippen molar-refractivity contribution < 1.29 is 18.0 Å². The van der Waals surface area contributed by atoms with Gasteiger partial charge in [-0.1, -0.05) is 35.7 Å². The molecule has 0 radical (unpaired) electrons. The number of nitrogens with zero attached hydrogens (tertiary/aromatic N) is 5. The maximum absolute atomic E-state index is 13.1. The minimum Gasteiger partial charge on any atom is -0.325 e. The van der Waals surface area contributed by atoms with Crippen molar-refractivity contribution in [1.29, 1.82) is 0 Å². The van der Waals surface area contributed by atoms with E-state index in [0.29, 0.717) is 28.4 Å².